The molecule has 0 fully saturated rings. The molecule has 0 atom stereocenters. The average Bonchev–Trinajstić information content (AvgIpc) is 2.31. The van der Waals surface area contributed by atoms with Gasteiger partial charge in [-0.3, -0.25) is 4.98 Å². The third-order valence-corrected chi connectivity index (χ3v) is 2.35. The highest BCUT2D eigenvalue weighted by molar-refractivity contribution is 5.55. The smallest absolute Gasteiger partial charge is 0.0640 e. The fourth-order valence-electron chi connectivity index (χ4n) is 1.56. The zero-order valence-electron chi connectivity index (χ0n) is 9.90. The molecular weight excluding hydrogens is 200 g/mol. The molecule has 1 aromatic heterocycles. The Morgan fingerprint density at radius 3 is 2.88 bits per heavy atom. The first kappa shape index (κ1) is 12.3. The molecule has 1 heterocycles. The summed E-state index contributed by atoms with van der Waals surface area (Å²) >= 11 is 0. The van der Waals surface area contributed by atoms with Crippen LogP contribution in [-0.4, -0.2) is 24.6 Å². The van der Waals surface area contributed by atoms with Gasteiger partial charge in [-0.25, -0.2) is 0 Å². The predicted octanol–water partition coefficient (Wildman–Crippen LogP) is 2.25. The topological polar surface area (TPSA) is 52.0 Å². The molecule has 0 aromatic carbocycles. The number of hydrogen-bond donors (Lipinski definition) is 1. The molecule has 0 spiro atoms. The maximum Gasteiger partial charge on any atom is 0.0640 e. The van der Waals surface area contributed by atoms with Crippen molar-refractivity contribution in [2.45, 2.75) is 20.3 Å². The van der Waals surface area contributed by atoms with Crippen molar-refractivity contribution < 1.29 is 0 Å². The molecule has 86 valence electrons. The monoisotopic (exact) mass is 218 g/mol. The molecule has 4 nitrogen and oxygen atoms in total. The third-order valence-electron chi connectivity index (χ3n) is 2.35. The summed E-state index contributed by atoms with van der Waals surface area (Å²) in [6.45, 7) is 6.66. The normalized spacial score (nSPS) is 9.56. The number of anilines is 2. The minimum atomic E-state index is 0.541. The van der Waals surface area contributed by atoms with Crippen molar-refractivity contribution in [1.29, 1.82) is 5.26 Å². The summed E-state index contributed by atoms with van der Waals surface area (Å²) < 4.78 is 0. The van der Waals surface area contributed by atoms with E-state index in [0.717, 1.165) is 31.0 Å². The summed E-state index contributed by atoms with van der Waals surface area (Å²) in [5.41, 5.74) is 2.09. The molecule has 0 saturated heterocycles. The quantitative estimate of drug-likeness (QED) is 0.795. The largest absolute Gasteiger partial charge is 0.384 e. The van der Waals surface area contributed by atoms with Crippen LogP contribution in [0.1, 0.15) is 20.3 Å². The van der Waals surface area contributed by atoms with Gasteiger partial charge in [0.25, 0.3) is 0 Å². The summed E-state index contributed by atoms with van der Waals surface area (Å²) in [7, 11) is 0. The Bertz CT molecular complexity index is 356. The Balaban J connectivity index is 2.75. The number of nitrogens with one attached hydrogen (secondary N) is 1. The molecule has 0 saturated carbocycles. The van der Waals surface area contributed by atoms with E-state index in [1.54, 1.807) is 0 Å². The number of pyridine rings is 1. The van der Waals surface area contributed by atoms with Crippen molar-refractivity contribution in [3.8, 4) is 6.07 Å². The van der Waals surface area contributed by atoms with E-state index in [1.165, 1.54) is 0 Å². The van der Waals surface area contributed by atoms with Crippen LogP contribution in [0, 0.1) is 11.3 Å². The summed E-state index contributed by atoms with van der Waals surface area (Å²) in [5.74, 6) is 0. The fraction of sp³-hybridized carbons (Fsp3) is 0.500. The Labute approximate surface area is 96.9 Å². The van der Waals surface area contributed by atoms with Gasteiger partial charge in [0, 0.05) is 19.6 Å². The number of nitrogens with zero attached hydrogens (tertiary/aromatic N) is 3. The molecule has 0 bridgehead atoms. The first-order valence-electron chi connectivity index (χ1n) is 5.62. The van der Waals surface area contributed by atoms with Crippen LogP contribution >= 0.6 is 0 Å². The van der Waals surface area contributed by atoms with Gasteiger partial charge in [-0.05, 0) is 19.9 Å². The van der Waals surface area contributed by atoms with Crippen molar-refractivity contribution in [2.24, 2.45) is 0 Å². The van der Waals surface area contributed by atoms with Crippen LogP contribution in [0.15, 0.2) is 18.5 Å². The van der Waals surface area contributed by atoms with E-state index >= 15 is 0 Å². The Hall–Kier alpha value is -1.76. The summed E-state index contributed by atoms with van der Waals surface area (Å²) in [4.78, 5) is 6.34. The molecule has 0 unspecified atom stereocenters. The Kier molecular flexibility index (Phi) is 5.13. The number of rotatable bonds is 6. The van der Waals surface area contributed by atoms with Crippen LogP contribution < -0.4 is 10.2 Å². The van der Waals surface area contributed by atoms with E-state index in [2.05, 4.69) is 41.2 Å². The first-order chi connectivity index (χ1) is 7.81. The molecule has 1 aromatic rings. The summed E-state index contributed by atoms with van der Waals surface area (Å²) in [5, 5.41) is 11.8. The zero-order valence-corrected chi connectivity index (χ0v) is 9.90. The maximum atomic E-state index is 8.59. The molecule has 0 aliphatic carbocycles. The van der Waals surface area contributed by atoms with Gasteiger partial charge in [0.05, 0.1) is 36.3 Å². The van der Waals surface area contributed by atoms with Gasteiger partial charge in [0.1, 0.15) is 0 Å². The van der Waals surface area contributed by atoms with Gasteiger partial charge in [-0.15, -0.1) is 0 Å². The Morgan fingerprint density at radius 2 is 2.25 bits per heavy atom. The molecule has 0 amide bonds. The molecule has 1 N–H and O–H groups in total. The van der Waals surface area contributed by atoms with Crippen LogP contribution in [-0.2, 0) is 0 Å². The molecular formula is C12H18N4. The lowest BCUT2D eigenvalue weighted by Crippen LogP contribution is -2.23. The van der Waals surface area contributed by atoms with Crippen LogP contribution in [0.3, 0.4) is 0 Å². The second-order valence-corrected chi connectivity index (χ2v) is 3.45. The first-order valence-corrected chi connectivity index (χ1v) is 5.62. The SMILES string of the molecule is CCNc1cncc(N(CC)CCC#N)c1. The van der Waals surface area contributed by atoms with Gasteiger partial charge in [-0.2, -0.15) is 5.26 Å². The van der Waals surface area contributed by atoms with Gasteiger partial charge < -0.3 is 10.2 Å². The van der Waals surface area contributed by atoms with Crippen molar-refractivity contribution in [3.05, 3.63) is 18.5 Å². The lowest BCUT2D eigenvalue weighted by molar-refractivity contribution is 0.824. The average molecular weight is 218 g/mol. The van der Waals surface area contributed by atoms with Crippen LogP contribution in [0.2, 0.25) is 0 Å². The molecule has 0 radical (unpaired) electrons. The fourth-order valence-corrected chi connectivity index (χ4v) is 1.56. The molecule has 16 heavy (non-hydrogen) atoms. The zero-order chi connectivity index (χ0) is 11.8. The molecule has 0 aliphatic rings. The highest BCUT2D eigenvalue weighted by Crippen LogP contribution is 2.17. The standard InChI is InChI=1S/C12H18N4/c1-3-15-11-8-12(10-14-9-11)16(4-2)7-5-6-13/h8-10,15H,3-5,7H2,1-2H3. The van der Waals surface area contributed by atoms with Gasteiger partial charge in [-0.1, -0.05) is 0 Å². The van der Waals surface area contributed by atoms with Crippen molar-refractivity contribution in [1.82, 2.24) is 4.98 Å². The van der Waals surface area contributed by atoms with Crippen LogP contribution in [0.25, 0.3) is 0 Å². The predicted molar refractivity (Wildman–Crippen MR) is 66.5 cm³/mol. The second kappa shape index (κ2) is 6.67. The molecule has 1 rings (SSSR count). The lowest BCUT2D eigenvalue weighted by Gasteiger charge is -2.21. The van der Waals surface area contributed by atoms with E-state index in [1.807, 2.05) is 12.4 Å². The van der Waals surface area contributed by atoms with E-state index in [4.69, 9.17) is 5.26 Å². The van der Waals surface area contributed by atoms with Crippen LogP contribution in [0.5, 0.6) is 0 Å². The highest BCUT2D eigenvalue weighted by atomic mass is 15.1. The minimum absolute atomic E-state index is 0.541. The second-order valence-electron chi connectivity index (χ2n) is 3.45. The van der Waals surface area contributed by atoms with E-state index in [9.17, 15) is 0 Å². The van der Waals surface area contributed by atoms with Crippen LogP contribution in [0.4, 0.5) is 11.4 Å². The highest BCUT2D eigenvalue weighted by Gasteiger charge is 2.04. The van der Waals surface area contributed by atoms with Crippen molar-refractivity contribution in [2.75, 3.05) is 29.9 Å². The number of nitriles is 1. The number of aromatic nitrogens is 1. The van der Waals surface area contributed by atoms with Crippen molar-refractivity contribution in [3.63, 3.8) is 0 Å². The van der Waals surface area contributed by atoms with Gasteiger partial charge in [0.2, 0.25) is 0 Å². The summed E-state index contributed by atoms with van der Waals surface area (Å²) in [6.07, 6.45) is 4.19. The third kappa shape index (κ3) is 3.43. The van der Waals surface area contributed by atoms with Gasteiger partial charge in [0.15, 0.2) is 0 Å². The number of hydrogen-bond acceptors (Lipinski definition) is 4. The minimum Gasteiger partial charge on any atom is -0.384 e. The van der Waals surface area contributed by atoms with E-state index in [0.29, 0.717) is 6.42 Å². The van der Waals surface area contributed by atoms with Gasteiger partial charge >= 0.3 is 0 Å². The van der Waals surface area contributed by atoms with Crippen molar-refractivity contribution >= 4 is 11.4 Å². The molecule has 0 aliphatic heterocycles. The molecule has 4 heteroatoms. The lowest BCUT2D eigenvalue weighted by atomic mass is 10.3. The van der Waals surface area contributed by atoms with E-state index in [-0.39, 0.29) is 0 Å². The van der Waals surface area contributed by atoms with E-state index < -0.39 is 0 Å². The Morgan fingerprint density at radius 1 is 1.44 bits per heavy atom. The summed E-state index contributed by atoms with van der Waals surface area (Å²) in [6, 6.07) is 4.23. The maximum absolute atomic E-state index is 8.59.